The van der Waals surface area contributed by atoms with E-state index in [1.54, 1.807) is 29.2 Å². The van der Waals surface area contributed by atoms with Crippen molar-refractivity contribution in [2.24, 2.45) is 5.92 Å². The summed E-state index contributed by atoms with van der Waals surface area (Å²) >= 11 is 0. The standard InChI is InChI=1S/C29H39BN2O7/c1-18(2)15-21-5-7-22(8-6-21)19(3)28(33)31-16-26(23-9-11-24(12-10-23)30(35)36)39-29(34)32-17-38-27-20(4)37-14-13-25(27)32/h5-12,18-20,25-27,35-36H,13-17H2,1-4H3,(H,31,33). The monoisotopic (exact) mass is 538 g/mol. The van der Waals surface area contributed by atoms with Gasteiger partial charge in [-0.15, -0.1) is 0 Å². The van der Waals surface area contributed by atoms with Gasteiger partial charge in [-0.05, 0) is 54.8 Å². The number of nitrogens with one attached hydrogen (secondary N) is 1. The maximum Gasteiger partial charge on any atom is 0.488 e. The minimum Gasteiger partial charge on any atom is -0.439 e. The highest BCUT2D eigenvalue weighted by atomic mass is 16.6. The Labute approximate surface area is 230 Å². The van der Waals surface area contributed by atoms with E-state index < -0.39 is 25.2 Å². The van der Waals surface area contributed by atoms with Crippen LogP contribution in [0.4, 0.5) is 4.79 Å². The molecule has 5 atom stereocenters. The second-order valence-corrected chi connectivity index (χ2v) is 10.9. The molecule has 210 valence electrons. The summed E-state index contributed by atoms with van der Waals surface area (Å²) in [6.07, 6.45) is -0.00533. The van der Waals surface area contributed by atoms with Crippen LogP contribution in [0.2, 0.25) is 0 Å². The molecule has 2 saturated heterocycles. The maximum absolute atomic E-state index is 13.3. The van der Waals surface area contributed by atoms with Crippen LogP contribution < -0.4 is 10.8 Å². The van der Waals surface area contributed by atoms with Gasteiger partial charge >= 0.3 is 13.2 Å². The summed E-state index contributed by atoms with van der Waals surface area (Å²) < 4.78 is 17.4. The lowest BCUT2D eigenvalue weighted by Crippen LogP contribution is -2.48. The first-order valence-corrected chi connectivity index (χ1v) is 13.7. The van der Waals surface area contributed by atoms with Crippen LogP contribution in [0, 0.1) is 5.92 Å². The van der Waals surface area contributed by atoms with Gasteiger partial charge in [0, 0.05) is 6.61 Å². The molecule has 39 heavy (non-hydrogen) atoms. The van der Waals surface area contributed by atoms with Crippen LogP contribution in [-0.2, 0) is 25.4 Å². The van der Waals surface area contributed by atoms with Crippen molar-refractivity contribution < 1.29 is 33.8 Å². The van der Waals surface area contributed by atoms with Crippen LogP contribution in [0.3, 0.4) is 0 Å². The molecule has 9 nitrogen and oxygen atoms in total. The van der Waals surface area contributed by atoms with Crippen molar-refractivity contribution in [2.45, 2.75) is 70.8 Å². The molecule has 0 aliphatic carbocycles. The second-order valence-electron chi connectivity index (χ2n) is 10.9. The quantitative estimate of drug-likeness (QED) is 0.420. The molecule has 0 saturated carbocycles. The fourth-order valence-corrected chi connectivity index (χ4v) is 5.19. The number of hydrogen-bond donors (Lipinski definition) is 3. The Kier molecular flexibility index (Phi) is 9.66. The minimum atomic E-state index is -1.61. The number of amides is 2. The van der Waals surface area contributed by atoms with E-state index in [0.717, 1.165) is 12.0 Å². The highest BCUT2D eigenvalue weighted by molar-refractivity contribution is 6.58. The van der Waals surface area contributed by atoms with Gasteiger partial charge < -0.3 is 29.6 Å². The molecule has 0 radical (unpaired) electrons. The number of ether oxygens (including phenoxy) is 3. The lowest BCUT2D eigenvalue weighted by atomic mass is 9.80. The Hall–Kier alpha value is -2.92. The number of rotatable bonds is 9. The Morgan fingerprint density at radius 1 is 1.05 bits per heavy atom. The van der Waals surface area contributed by atoms with Gasteiger partial charge in [0.1, 0.15) is 18.9 Å². The van der Waals surface area contributed by atoms with Gasteiger partial charge in [-0.3, -0.25) is 9.69 Å². The SMILES string of the molecule is CC(C)Cc1ccc(C(C)C(=O)NCC(OC(=O)N2COC3C(C)OCCC32)c2ccc(B(O)O)cc2)cc1. The smallest absolute Gasteiger partial charge is 0.439 e. The summed E-state index contributed by atoms with van der Waals surface area (Å²) in [4.78, 5) is 27.9. The highest BCUT2D eigenvalue weighted by Crippen LogP contribution is 2.30. The summed E-state index contributed by atoms with van der Waals surface area (Å²) in [5.41, 5.74) is 3.07. The predicted molar refractivity (Wildman–Crippen MR) is 147 cm³/mol. The van der Waals surface area contributed by atoms with E-state index in [4.69, 9.17) is 14.2 Å². The number of carbonyl (C=O) groups is 2. The van der Waals surface area contributed by atoms with Gasteiger partial charge in [0.25, 0.3) is 0 Å². The third-order valence-electron chi connectivity index (χ3n) is 7.51. The normalized spacial score (nSPS) is 22.2. The molecular weight excluding hydrogens is 499 g/mol. The van der Waals surface area contributed by atoms with E-state index in [2.05, 4.69) is 31.3 Å². The van der Waals surface area contributed by atoms with E-state index >= 15 is 0 Å². The van der Waals surface area contributed by atoms with Crippen LogP contribution >= 0.6 is 0 Å². The largest absolute Gasteiger partial charge is 0.488 e. The zero-order valence-corrected chi connectivity index (χ0v) is 23.1. The predicted octanol–water partition coefficient (Wildman–Crippen LogP) is 2.50. The van der Waals surface area contributed by atoms with E-state index in [-0.39, 0.29) is 37.4 Å². The third kappa shape index (κ3) is 7.19. The van der Waals surface area contributed by atoms with Crippen LogP contribution in [-0.4, -0.2) is 72.2 Å². The maximum atomic E-state index is 13.3. The van der Waals surface area contributed by atoms with Gasteiger partial charge in [0.15, 0.2) is 0 Å². The van der Waals surface area contributed by atoms with E-state index in [9.17, 15) is 19.6 Å². The molecule has 0 aromatic heterocycles. The van der Waals surface area contributed by atoms with E-state index in [1.807, 2.05) is 26.0 Å². The number of carbonyl (C=O) groups excluding carboxylic acids is 2. The van der Waals surface area contributed by atoms with Crippen molar-refractivity contribution in [3.8, 4) is 0 Å². The molecule has 10 heteroatoms. The van der Waals surface area contributed by atoms with Crippen molar-refractivity contribution in [2.75, 3.05) is 19.9 Å². The summed E-state index contributed by atoms with van der Waals surface area (Å²) in [6, 6.07) is 14.4. The Morgan fingerprint density at radius 2 is 1.72 bits per heavy atom. The first-order chi connectivity index (χ1) is 18.6. The van der Waals surface area contributed by atoms with Crippen molar-refractivity contribution in [3.05, 3.63) is 65.2 Å². The highest BCUT2D eigenvalue weighted by Gasteiger charge is 2.44. The minimum absolute atomic E-state index is 0.0592. The van der Waals surface area contributed by atoms with Crippen LogP contribution in [0.15, 0.2) is 48.5 Å². The lowest BCUT2D eigenvalue weighted by molar-refractivity contribution is -0.122. The summed E-state index contributed by atoms with van der Waals surface area (Å²) in [5.74, 6) is -0.0190. The van der Waals surface area contributed by atoms with Gasteiger partial charge in [0.05, 0.1) is 24.6 Å². The molecule has 2 heterocycles. The number of hydrogen-bond acceptors (Lipinski definition) is 7. The van der Waals surface area contributed by atoms with E-state index in [1.165, 1.54) is 5.56 Å². The molecule has 2 aromatic carbocycles. The van der Waals surface area contributed by atoms with Crippen LogP contribution in [0.25, 0.3) is 0 Å². The van der Waals surface area contributed by atoms with Crippen molar-refractivity contribution in [3.63, 3.8) is 0 Å². The van der Waals surface area contributed by atoms with Gasteiger partial charge in [0.2, 0.25) is 5.91 Å². The molecule has 2 aromatic rings. The topological polar surface area (TPSA) is 118 Å². The molecule has 2 aliphatic heterocycles. The Bertz CT molecular complexity index is 1110. The third-order valence-corrected chi connectivity index (χ3v) is 7.51. The molecular formula is C29H39BN2O7. The lowest BCUT2D eigenvalue weighted by Gasteiger charge is -2.33. The van der Waals surface area contributed by atoms with Crippen LogP contribution in [0.1, 0.15) is 62.8 Å². The summed E-state index contributed by atoms with van der Waals surface area (Å²) in [6.45, 7) is 8.83. The van der Waals surface area contributed by atoms with Gasteiger partial charge in [-0.1, -0.05) is 62.4 Å². The molecule has 2 aliphatic rings. The second kappa shape index (κ2) is 13.0. The first-order valence-electron chi connectivity index (χ1n) is 13.7. The molecule has 5 unspecified atom stereocenters. The molecule has 3 N–H and O–H groups in total. The molecule has 2 amide bonds. The average Bonchev–Trinajstić information content (AvgIpc) is 3.36. The average molecular weight is 538 g/mol. The number of nitrogens with zero attached hydrogens (tertiary/aromatic N) is 1. The number of benzene rings is 2. The molecule has 0 bridgehead atoms. The zero-order chi connectivity index (χ0) is 28.1. The first kappa shape index (κ1) is 29.1. The fraction of sp³-hybridized carbons (Fsp3) is 0.517. The van der Waals surface area contributed by atoms with E-state index in [0.29, 0.717) is 30.0 Å². The van der Waals surface area contributed by atoms with Crippen molar-refractivity contribution in [1.82, 2.24) is 10.2 Å². The Balaban J connectivity index is 1.44. The van der Waals surface area contributed by atoms with Crippen molar-refractivity contribution in [1.29, 1.82) is 0 Å². The van der Waals surface area contributed by atoms with Gasteiger partial charge in [-0.2, -0.15) is 0 Å². The molecule has 2 fully saturated rings. The fourth-order valence-electron chi connectivity index (χ4n) is 5.19. The Morgan fingerprint density at radius 3 is 2.36 bits per heavy atom. The number of fused-ring (bicyclic) bond motifs is 1. The van der Waals surface area contributed by atoms with Gasteiger partial charge in [-0.25, -0.2) is 4.79 Å². The molecule has 4 rings (SSSR count). The van der Waals surface area contributed by atoms with Crippen molar-refractivity contribution >= 4 is 24.6 Å². The summed E-state index contributed by atoms with van der Waals surface area (Å²) in [5, 5.41) is 21.9. The summed E-state index contributed by atoms with van der Waals surface area (Å²) in [7, 11) is -1.61. The van der Waals surface area contributed by atoms with Crippen LogP contribution in [0.5, 0.6) is 0 Å². The zero-order valence-electron chi connectivity index (χ0n) is 23.1. The molecule has 0 spiro atoms.